The molecule has 0 saturated carbocycles. The average molecular weight is 741 g/mol. The minimum absolute atomic E-state index is 0.0123. The molecule has 0 aliphatic heterocycles. The molecule has 0 saturated heterocycles. The Bertz CT molecular complexity index is 2260. The number of phosphoric ester groups is 1. The van der Waals surface area contributed by atoms with Crippen molar-refractivity contribution < 1.29 is 40.9 Å². The summed E-state index contributed by atoms with van der Waals surface area (Å²) in [5, 5.41) is 3.65. The number of nitrogens with one attached hydrogen (secondary N) is 1. The van der Waals surface area contributed by atoms with Gasteiger partial charge in [-0.05, 0) is 71.6 Å². The second kappa shape index (κ2) is 15.0. The summed E-state index contributed by atoms with van der Waals surface area (Å²) in [6, 6.07) is 29.4. The van der Waals surface area contributed by atoms with E-state index in [0.29, 0.717) is 11.1 Å². The highest BCUT2D eigenvalue weighted by Crippen LogP contribution is 2.51. The van der Waals surface area contributed by atoms with Crippen molar-refractivity contribution in [3.05, 3.63) is 150 Å². The van der Waals surface area contributed by atoms with Crippen LogP contribution in [0, 0.1) is 0 Å². The number of phosphoric acid groups is 1. The van der Waals surface area contributed by atoms with E-state index in [-0.39, 0.29) is 45.0 Å². The largest absolute Gasteiger partial charge is 0.592 e. The molecular formula is C39H32F3N4O6P. The number of alkyl halides is 3. The molecule has 0 fully saturated rings. The topological polar surface area (TPSA) is 130 Å². The lowest BCUT2D eigenvalue weighted by Crippen LogP contribution is -2.13. The van der Waals surface area contributed by atoms with Crippen molar-refractivity contribution in [2.75, 3.05) is 5.32 Å². The van der Waals surface area contributed by atoms with E-state index in [4.69, 9.17) is 13.6 Å². The maximum Gasteiger partial charge on any atom is 0.592 e. The molecule has 0 amide bonds. The normalized spacial score (nSPS) is 12.0. The van der Waals surface area contributed by atoms with E-state index in [1.165, 1.54) is 48.7 Å². The summed E-state index contributed by atoms with van der Waals surface area (Å²) in [6.07, 6.45) is -3.42. The maximum absolute atomic E-state index is 14.0. The summed E-state index contributed by atoms with van der Waals surface area (Å²) in [4.78, 5) is 39.0. The second-order valence-corrected chi connectivity index (χ2v) is 14.3. The Morgan fingerprint density at radius 1 is 0.755 bits per heavy atom. The van der Waals surface area contributed by atoms with Gasteiger partial charge in [-0.3, -0.25) is 9.51 Å². The zero-order valence-electron chi connectivity index (χ0n) is 28.6. The van der Waals surface area contributed by atoms with E-state index in [0.717, 1.165) is 11.6 Å². The molecule has 0 unspecified atom stereocenters. The van der Waals surface area contributed by atoms with Crippen LogP contribution in [0.5, 0.6) is 0 Å². The first-order valence-corrected chi connectivity index (χ1v) is 17.7. The van der Waals surface area contributed by atoms with Crippen LogP contribution in [0.1, 0.15) is 58.4 Å². The Labute approximate surface area is 302 Å². The van der Waals surface area contributed by atoms with Gasteiger partial charge in [0.25, 0.3) is 0 Å². The smallest absolute Gasteiger partial charge is 0.357 e. The summed E-state index contributed by atoms with van der Waals surface area (Å²) >= 11 is 0. The van der Waals surface area contributed by atoms with E-state index in [1.54, 1.807) is 42.5 Å². The lowest BCUT2D eigenvalue weighted by molar-refractivity contribution is -0.137. The van der Waals surface area contributed by atoms with Gasteiger partial charge in [0.15, 0.2) is 5.82 Å². The SMILES string of the molecule is CC(C)(C)c1ccc(Nc2nc(COP(=O)(OC(=O)c3ccccc3)OC(=O)c3ccccc3)nc3cc(-c4ncccc4C(F)(F)F)ccc23)cc1. The summed E-state index contributed by atoms with van der Waals surface area (Å²) < 4.78 is 71.7. The van der Waals surface area contributed by atoms with Gasteiger partial charge in [0.1, 0.15) is 12.4 Å². The zero-order chi connectivity index (χ0) is 37.8. The van der Waals surface area contributed by atoms with Crippen molar-refractivity contribution in [3.8, 4) is 11.3 Å². The minimum atomic E-state index is -5.01. The molecule has 14 heteroatoms. The van der Waals surface area contributed by atoms with Gasteiger partial charge < -0.3 is 14.4 Å². The fourth-order valence-corrected chi connectivity index (χ4v) is 6.24. The molecule has 2 aromatic heterocycles. The Balaban J connectivity index is 1.39. The lowest BCUT2D eigenvalue weighted by Gasteiger charge is -2.19. The van der Waals surface area contributed by atoms with Gasteiger partial charge >= 0.3 is 25.9 Å². The van der Waals surface area contributed by atoms with Crippen molar-refractivity contribution in [1.29, 1.82) is 0 Å². The van der Waals surface area contributed by atoms with E-state index >= 15 is 0 Å². The number of halogens is 3. The zero-order valence-corrected chi connectivity index (χ0v) is 29.5. The lowest BCUT2D eigenvalue weighted by atomic mass is 9.87. The highest BCUT2D eigenvalue weighted by molar-refractivity contribution is 7.49. The number of rotatable bonds is 10. The van der Waals surface area contributed by atoms with Crippen LogP contribution < -0.4 is 5.32 Å². The fourth-order valence-electron chi connectivity index (χ4n) is 5.20. The van der Waals surface area contributed by atoms with E-state index < -0.39 is 38.1 Å². The van der Waals surface area contributed by atoms with Gasteiger partial charge in [-0.2, -0.15) is 13.2 Å². The molecule has 0 radical (unpaired) electrons. The van der Waals surface area contributed by atoms with Crippen LogP contribution >= 0.6 is 7.82 Å². The molecule has 4 aromatic carbocycles. The van der Waals surface area contributed by atoms with Crippen LogP contribution in [0.25, 0.3) is 22.2 Å². The summed E-state index contributed by atoms with van der Waals surface area (Å²) in [6.45, 7) is 5.53. The third kappa shape index (κ3) is 8.94. The first-order valence-electron chi connectivity index (χ1n) is 16.2. The van der Waals surface area contributed by atoms with Crippen LogP contribution in [-0.4, -0.2) is 26.9 Å². The number of benzene rings is 4. The number of fused-ring (bicyclic) bond motifs is 1. The van der Waals surface area contributed by atoms with Crippen molar-refractivity contribution in [2.45, 2.75) is 39.0 Å². The first kappa shape index (κ1) is 36.9. The number of hydrogen-bond donors (Lipinski definition) is 1. The molecule has 0 spiro atoms. The van der Waals surface area contributed by atoms with E-state index in [1.807, 2.05) is 24.3 Å². The van der Waals surface area contributed by atoms with Gasteiger partial charge in [-0.1, -0.05) is 75.4 Å². The molecule has 0 bridgehead atoms. The third-order valence-electron chi connectivity index (χ3n) is 7.90. The highest BCUT2D eigenvalue weighted by atomic mass is 31.2. The molecule has 270 valence electrons. The predicted molar refractivity (Wildman–Crippen MR) is 192 cm³/mol. The molecule has 0 aliphatic carbocycles. The fraction of sp³-hybridized carbons (Fsp3) is 0.154. The Hall–Kier alpha value is -5.91. The molecule has 6 rings (SSSR count). The van der Waals surface area contributed by atoms with Gasteiger partial charge in [-0.15, -0.1) is 0 Å². The Morgan fingerprint density at radius 2 is 1.36 bits per heavy atom. The van der Waals surface area contributed by atoms with Gasteiger partial charge in [0, 0.05) is 22.8 Å². The molecular weight excluding hydrogens is 708 g/mol. The molecule has 1 N–H and O–H groups in total. The predicted octanol–water partition coefficient (Wildman–Crippen LogP) is 10.1. The average Bonchev–Trinajstić information content (AvgIpc) is 3.14. The quantitative estimate of drug-likeness (QED) is 0.135. The summed E-state index contributed by atoms with van der Waals surface area (Å²) in [5.74, 6) is -2.07. The highest BCUT2D eigenvalue weighted by Gasteiger charge is 2.37. The molecule has 2 heterocycles. The molecule has 10 nitrogen and oxygen atoms in total. The van der Waals surface area contributed by atoms with Crippen molar-refractivity contribution in [1.82, 2.24) is 15.0 Å². The second-order valence-electron chi connectivity index (χ2n) is 12.8. The van der Waals surface area contributed by atoms with Gasteiger partial charge in [-0.25, -0.2) is 24.1 Å². The number of hydrogen-bond acceptors (Lipinski definition) is 10. The van der Waals surface area contributed by atoms with Crippen LogP contribution in [0.4, 0.5) is 24.7 Å². The van der Waals surface area contributed by atoms with E-state index in [2.05, 4.69) is 41.0 Å². The number of anilines is 2. The van der Waals surface area contributed by atoms with Crippen molar-refractivity contribution in [3.63, 3.8) is 0 Å². The first-order chi connectivity index (χ1) is 25.2. The standard InChI is InChI=1S/C39H32F3N4O6P/c1-38(2,3)28-17-19-29(20-18-28)44-35-30-21-16-27(34-31(39(40,41)42)15-10-22-43-34)23-32(30)45-33(46-35)24-50-53(49,51-36(47)25-11-6-4-7-12-25)52-37(48)26-13-8-5-9-14-26/h4-23H,24H2,1-3H3,(H,44,45,46). The number of pyridine rings is 1. The van der Waals surface area contributed by atoms with Crippen LogP contribution in [0.3, 0.4) is 0 Å². The number of aromatic nitrogens is 3. The Kier molecular flexibility index (Phi) is 10.4. The van der Waals surface area contributed by atoms with E-state index in [9.17, 15) is 27.3 Å². The third-order valence-corrected chi connectivity index (χ3v) is 9.13. The molecule has 0 aliphatic rings. The molecule has 0 atom stereocenters. The summed E-state index contributed by atoms with van der Waals surface area (Å²) in [5.41, 5.74) is 0.692. The number of carbonyl (C=O) groups excluding carboxylic acids is 2. The maximum atomic E-state index is 14.0. The van der Waals surface area contributed by atoms with Crippen LogP contribution in [0.2, 0.25) is 0 Å². The Morgan fingerprint density at radius 3 is 1.92 bits per heavy atom. The number of nitrogens with zero attached hydrogens (tertiary/aromatic N) is 3. The van der Waals surface area contributed by atoms with Crippen molar-refractivity contribution in [2.24, 2.45) is 0 Å². The van der Waals surface area contributed by atoms with Gasteiger partial charge in [0.05, 0.1) is 27.9 Å². The van der Waals surface area contributed by atoms with Crippen LogP contribution in [0.15, 0.2) is 121 Å². The number of carbonyl (C=O) groups is 2. The molecule has 6 aromatic rings. The van der Waals surface area contributed by atoms with Crippen LogP contribution in [-0.2, 0) is 36.3 Å². The minimum Gasteiger partial charge on any atom is -0.357 e. The van der Waals surface area contributed by atoms with Crippen molar-refractivity contribution >= 4 is 42.2 Å². The monoisotopic (exact) mass is 740 g/mol. The van der Waals surface area contributed by atoms with Gasteiger partial charge in [0.2, 0.25) is 0 Å². The summed E-state index contributed by atoms with van der Waals surface area (Å²) in [7, 11) is -5.01. The molecule has 53 heavy (non-hydrogen) atoms.